The van der Waals surface area contributed by atoms with Crippen molar-refractivity contribution in [2.24, 2.45) is 0 Å². The first-order valence-corrected chi connectivity index (χ1v) is 8.93. The van der Waals surface area contributed by atoms with Gasteiger partial charge in [0.05, 0.1) is 5.71 Å². The molecule has 0 unspecified atom stereocenters. The quantitative estimate of drug-likeness (QED) is 0.310. The number of anilines is 2. The summed E-state index contributed by atoms with van der Waals surface area (Å²) in [4.78, 5) is 16.4. The zero-order chi connectivity index (χ0) is 20.2. The van der Waals surface area contributed by atoms with Gasteiger partial charge in [0.1, 0.15) is 6.33 Å². The number of aromatic nitrogens is 3. The van der Waals surface area contributed by atoms with Crippen LogP contribution in [-0.4, -0.2) is 26.8 Å². The summed E-state index contributed by atoms with van der Waals surface area (Å²) in [6.45, 7) is 0. The van der Waals surface area contributed by atoms with E-state index in [0.29, 0.717) is 33.9 Å². The van der Waals surface area contributed by atoms with Gasteiger partial charge < -0.3 is 11.1 Å². The average Bonchev–Trinajstić information content (AvgIpc) is 3.30. The summed E-state index contributed by atoms with van der Waals surface area (Å²) in [5.41, 5.74) is 10.2. The van der Waals surface area contributed by atoms with Crippen LogP contribution in [0.2, 0.25) is 0 Å². The Kier molecular flexibility index (Phi) is 4.86. The van der Waals surface area contributed by atoms with E-state index in [1.807, 2.05) is 30.3 Å². The number of hydrogen-bond acceptors (Lipinski definition) is 5. The lowest BCUT2D eigenvalue weighted by Gasteiger charge is -2.11. The first-order chi connectivity index (χ1) is 14.1. The average molecular weight is 382 g/mol. The molecule has 29 heavy (non-hydrogen) atoms. The maximum Gasteiger partial charge on any atom is 0.255 e. The second-order valence-corrected chi connectivity index (χ2v) is 6.41. The molecule has 5 N–H and O–H groups in total. The molecule has 0 aliphatic carbocycles. The minimum Gasteiger partial charge on any atom is -0.398 e. The number of H-pyrrole nitrogens is 1. The number of nitrogens with two attached hydrogens (primary N) is 1. The molecule has 0 saturated heterocycles. The molecule has 4 aromatic rings. The lowest BCUT2D eigenvalue weighted by atomic mass is 9.98. The lowest BCUT2D eigenvalue weighted by molar-refractivity contribution is 0.102. The fraction of sp³-hybridized carbons (Fsp3) is 0. The van der Waals surface area contributed by atoms with Crippen molar-refractivity contribution in [3.8, 4) is 11.4 Å². The van der Waals surface area contributed by atoms with Crippen molar-refractivity contribution in [3.63, 3.8) is 0 Å². The van der Waals surface area contributed by atoms with Crippen LogP contribution in [0.3, 0.4) is 0 Å². The van der Waals surface area contributed by atoms with E-state index in [0.717, 1.165) is 5.56 Å². The van der Waals surface area contributed by atoms with Crippen molar-refractivity contribution < 1.29 is 4.79 Å². The molecule has 0 fully saturated rings. The minimum atomic E-state index is -0.183. The van der Waals surface area contributed by atoms with E-state index >= 15 is 0 Å². The van der Waals surface area contributed by atoms with E-state index < -0.39 is 0 Å². The van der Waals surface area contributed by atoms with Gasteiger partial charge in [-0.3, -0.25) is 15.3 Å². The number of hydrogen-bond donors (Lipinski definition) is 4. The van der Waals surface area contributed by atoms with Gasteiger partial charge in [0.2, 0.25) is 0 Å². The van der Waals surface area contributed by atoms with E-state index in [1.165, 1.54) is 6.33 Å². The van der Waals surface area contributed by atoms with Crippen LogP contribution < -0.4 is 11.1 Å². The molecule has 1 heterocycles. The summed E-state index contributed by atoms with van der Waals surface area (Å²) in [6, 6.07) is 21.5. The zero-order valence-electron chi connectivity index (χ0n) is 15.4. The van der Waals surface area contributed by atoms with Crippen LogP contribution in [0.25, 0.3) is 11.4 Å². The summed E-state index contributed by atoms with van der Waals surface area (Å²) < 4.78 is 0. The third kappa shape index (κ3) is 3.89. The molecule has 3 aromatic carbocycles. The van der Waals surface area contributed by atoms with Crippen LogP contribution >= 0.6 is 0 Å². The molecular formula is C22H18N6O. The first-order valence-electron chi connectivity index (χ1n) is 8.93. The summed E-state index contributed by atoms with van der Waals surface area (Å²) in [7, 11) is 0. The molecule has 7 nitrogen and oxygen atoms in total. The van der Waals surface area contributed by atoms with E-state index in [1.54, 1.807) is 42.5 Å². The van der Waals surface area contributed by atoms with Crippen LogP contribution in [0, 0.1) is 5.41 Å². The summed E-state index contributed by atoms with van der Waals surface area (Å²) >= 11 is 0. The summed E-state index contributed by atoms with van der Waals surface area (Å²) in [5, 5.41) is 18.1. The Labute approximate surface area is 167 Å². The number of amides is 1. The largest absolute Gasteiger partial charge is 0.398 e. The molecule has 142 valence electrons. The maximum absolute atomic E-state index is 12.3. The Hall–Kier alpha value is -4.26. The van der Waals surface area contributed by atoms with E-state index in [-0.39, 0.29) is 11.6 Å². The van der Waals surface area contributed by atoms with Crippen molar-refractivity contribution >= 4 is 23.0 Å². The SMILES string of the molecule is N=C(c1ccc(NC(=O)c2ccccc2)cc1)c1cc(-c2ncn[nH]2)ccc1N. The molecule has 0 aliphatic rings. The van der Waals surface area contributed by atoms with Gasteiger partial charge in [-0.1, -0.05) is 30.3 Å². The van der Waals surface area contributed by atoms with Crippen molar-refractivity contribution in [1.82, 2.24) is 15.2 Å². The van der Waals surface area contributed by atoms with E-state index in [9.17, 15) is 4.79 Å². The minimum absolute atomic E-state index is 0.183. The molecule has 7 heteroatoms. The Morgan fingerprint density at radius 2 is 1.72 bits per heavy atom. The Morgan fingerprint density at radius 3 is 2.41 bits per heavy atom. The smallest absolute Gasteiger partial charge is 0.255 e. The number of rotatable bonds is 5. The fourth-order valence-corrected chi connectivity index (χ4v) is 2.93. The number of benzene rings is 3. The highest BCUT2D eigenvalue weighted by Crippen LogP contribution is 2.24. The van der Waals surface area contributed by atoms with Crippen molar-refractivity contribution in [2.45, 2.75) is 0 Å². The molecule has 0 spiro atoms. The highest BCUT2D eigenvalue weighted by atomic mass is 16.1. The molecule has 4 rings (SSSR count). The topological polar surface area (TPSA) is 121 Å². The lowest BCUT2D eigenvalue weighted by Crippen LogP contribution is -2.12. The standard InChI is InChI=1S/C22H18N6O/c23-19-11-8-16(21-25-13-26-28-21)12-18(19)20(24)14-6-9-17(10-7-14)27-22(29)15-4-2-1-3-5-15/h1-13,24H,23H2,(H,27,29)(H,25,26,28). The fourth-order valence-electron chi connectivity index (χ4n) is 2.93. The van der Waals surface area contributed by atoms with Crippen LogP contribution in [0.5, 0.6) is 0 Å². The normalized spacial score (nSPS) is 10.5. The van der Waals surface area contributed by atoms with Gasteiger partial charge >= 0.3 is 0 Å². The molecular weight excluding hydrogens is 364 g/mol. The van der Waals surface area contributed by atoms with Crippen LogP contribution in [0.4, 0.5) is 11.4 Å². The monoisotopic (exact) mass is 382 g/mol. The highest BCUT2D eigenvalue weighted by Gasteiger charge is 2.12. The maximum atomic E-state index is 12.3. The highest BCUT2D eigenvalue weighted by molar-refractivity contribution is 6.14. The third-order valence-corrected chi connectivity index (χ3v) is 4.48. The molecule has 1 aromatic heterocycles. The Balaban J connectivity index is 1.54. The van der Waals surface area contributed by atoms with Crippen LogP contribution in [-0.2, 0) is 0 Å². The van der Waals surface area contributed by atoms with Gasteiger partial charge in [-0.15, -0.1) is 0 Å². The molecule has 0 aliphatic heterocycles. The zero-order valence-corrected chi connectivity index (χ0v) is 15.4. The van der Waals surface area contributed by atoms with Gasteiger partial charge in [-0.25, -0.2) is 4.98 Å². The van der Waals surface area contributed by atoms with Crippen LogP contribution in [0.1, 0.15) is 21.5 Å². The third-order valence-electron chi connectivity index (χ3n) is 4.48. The predicted octanol–water partition coefficient (Wildman–Crippen LogP) is 3.72. The van der Waals surface area contributed by atoms with E-state index in [2.05, 4.69) is 20.5 Å². The van der Waals surface area contributed by atoms with Gasteiger partial charge in [-0.2, -0.15) is 5.10 Å². The molecule has 0 bridgehead atoms. The number of aromatic amines is 1. The van der Waals surface area contributed by atoms with Crippen molar-refractivity contribution in [1.29, 1.82) is 5.41 Å². The van der Waals surface area contributed by atoms with Gasteiger partial charge in [0, 0.05) is 33.6 Å². The van der Waals surface area contributed by atoms with E-state index in [4.69, 9.17) is 11.1 Å². The molecule has 1 amide bonds. The predicted molar refractivity (Wildman–Crippen MR) is 113 cm³/mol. The van der Waals surface area contributed by atoms with Crippen LogP contribution in [0.15, 0.2) is 79.1 Å². The number of nitrogen functional groups attached to an aromatic ring is 1. The van der Waals surface area contributed by atoms with Crippen molar-refractivity contribution in [3.05, 3.63) is 95.8 Å². The molecule has 0 atom stereocenters. The summed E-state index contributed by atoms with van der Waals surface area (Å²) in [5.74, 6) is 0.426. The second kappa shape index (κ2) is 7.77. The molecule has 0 saturated carbocycles. The van der Waals surface area contributed by atoms with Crippen molar-refractivity contribution in [2.75, 3.05) is 11.1 Å². The molecule has 0 radical (unpaired) electrons. The number of nitrogens with zero attached hydrogens (tertiary/aromatic N) is 2. The Morgan fingerprint density at radius 1 is 0.966 bits per heavy atom. The second-order valence-electron chi connectivity index (χ2n) is 6.41. The Bertz CT molecular complexity index is 1150. The summed E-state index contributed by atoms with van der Waals surface area (Å²) in [6.07, 6.45) is 1.43. The number of nitrogens with one attached hydrogen (secondary N) is 3. The number of carbonyl (C=O) groups is 1. The number of carbonyl (C=O) groups excluding carboxylic acids is 1. The van der Waals surface area contributed by atoms with Gasteiger partial charge in [0.25, 0.3) is 5.91 Å². The first kappa shape index (κ1) is 18.1. The van der Waals surface area contributed by atoms with Gasteiger partial charge in [0.15, 0.2) is 5.82 Å². The van der Waals surface area contributed by atoms with Gasteiger partial charge in [-0.05, 0) is 42.5 Å².